The van der Waals surface area contributed by atoms with E-state index in [1.54, 1.807) is 19.8 Å². The predicted molar refractivity (Wildman–Crippen MR) is 131 cm³/mol. The molecule has 0 amide bonds. The standard InChI is InChI=1S/C25H23ClN6O/c1-15(21-11-18-5-4-6-20(26)22(18)16(2)30-21)31-24-23-25(28-13-27-24)32(14-29-23)12-17-7-9-19(33-3)10-8-17/h4-11,13-15H,12H2,1-3H3,(H,27,28,31). The molecular formula is C25H23ClN6O. The number of halogens is 1. The number of pyridine rings is 1. The normalized spacial score (nSPS) is 12.2. The number of anilines is 1. The first-order valence-electron chi connectivity index (χ1n) is 10.6. The second-order valence-electron chi connectivity index (χ2n) is 7.95. The van der Waals surface area contributed by atoms with E-state index in [-0.39, 0.29) is 6.04 Å². The van der Waals surface area contributed by atoms with Crippen molar-refractivity contribution in [3.8, 4) is 5.75 Å². The van der Waals surface area contributed by atoms with Gasteiger partial charge in [0.15, 0.2) is 11.5 Å². The molecule has 5 aromatic rings. The summed E-state index contributed by atoms with van der Waals surface area (Å²) >= 11 is 6.38. The first kappa shape index (κ1) is 21.2. The summed E-state index contributed by atoms with van der Waals surface area (Å²) < 4.78 is 7.25. The van der Waals surface area contributed by atoms with Gasteiger partial charge < -0.3 is 14.6 Å². The zero-order chi connectivity index (χ0) is 22.9. The third-order valence-electron chi connectivity index (χ3n) is 5.72. The van der Waals surface area contributed by atoms with Gasteiger partial charge in [-0.1, -0.05) is 35.9 Å². The average Bonchev–Trinajstić information content (AvgIpc) is 3.23. The molecule has 0 aliphatic heterocycles. The van der Waals surface area contributed by atoms with Crippen molar-refractivity contribution in [2.75, 3.05) is 12.4 Å². The molecule has 8 heteroatoms. The SMILES string of the molecule is COc1ccc(Cn2cnc3c(NC(C)c4cc5cccc(Cl)c5c(C)n4)ncnc32)cc1. The van der Waals surface area contributed by atoms with Crippen molar-refractivity contribution < 1.29 is 4.74 Å². The number of fused-ring (bicyclic) bond motifs is 2. The predicted octanol–water partition coefficient (Wildman–Crippen LogP) is 5.57. The van der Waals surface area contributed by atoms with Crippen LogP contribution in [0.2, 0.25) is 5.02 Å². The minimum atomic E-state index is -0.0862. The highest BCUT2D eigenvalue weighted by Gasteiger charge is 2.16. The molecule has 2 aromatic carbocycles. The Kier molecular flexibility index (Phi) is 5.56. The lowest BCUT2D eigenvalue weighted by Gasteiger charge is -2.16. The smallest absolute Gasteiger partial charge is 0.165 e. The van der Waals surface area contributed by atoms with Crippen molar-refractivity contribution in [1.29, 1.82) is 0 Å². The average molecular weight is 459 g/mol. The fourth-order valence-electron chi connectivity index (χ4n) is 4.01. The lowest BCUT2D eigenvalue weighted by molar-refractivity contribution is 0.414. The monoisotopic (exact) mass is 458 g/mol. The highest BCUT2D eigenvalue weighted by molar-refractivity contribution is 6.35. The van der Waals surface area contributed by atoms with Crippen LogP contribution in [0.1, 0.15) is 29.9 Å². The van der Waals surface area contributed by atoms with E-state index in [2.05, 4.69) is 39.3 Å². The van der Waals surface area contributed by atoms with E-state index in [1.165, 1.54) is 0 Å². The van der Waals surface area contributed by atoms with Gasteiger partial charge in [0, 0.05) is 11.1 Å². The summed E-state index contributed by atoms with van der Waals surface area (Å²) in [6.07, 6.45) is 3.35. The molecule has 7 nitrogen and oxygen atoms in total. The third-order valence-corrected chi connectivity index (χ3v) is 6.03. The van der Waals surface area contributed by atoms with Crippen LogP contribution in [0.25, 0.3) is 21.9 Å². The number of hydrogen-bond donors (Lipinski definition) is 1. The van der Waals surface area contributed by atoms with E-state index in [1.807, 2.05) is 47.9 Å². The summed E-state index contributed by atoms with van der Waals surface area (Å²) in [7, 11) is 1.66. The van der Waals surface area contributed by atoms with Gasteiger partial charge >= 0.3 is 0 Å². The van der Waals surface area contributed by atoms with E-state index in [9.17, 15) is 0 Å². The van der Waals surface area contributed by atoms with Gasteiger partial charge in [-0.3, -0.25) is 4.98 Å². The maximum Gasteiger partial charge on any atom is 0.165 e. The number of aromatic nitrogens is 5. The Morgan fingerprint density at radius 1 is 1.09 bits per heavy atom. The molecule has 5 rings (SSSR count). The number of benzene rings is 2. The number of imidazole rings is 1. The summed E-state index contributed by atoms with van der Waals surface area (Å²) in [5, 5.41) is 6.22. The Balaban J connectivity index is 1.43. The summed E-state index contributed by atoms with van der Waals surface area (Å²) in [6.45, 7) is 4.69. The molecule has 0 radical (unpaired) electrons. The lowest BCUT2D eigenvalue weighted by Crippen LogP contribution is -2.11. The summed E-state index contributed by atoms with van der Waals surface area (Å²) in [6, 6.07) is 15.8. The molecule has 0 aliphatic rings. The van der Waals surface area contributed by atoms with Crippen molar-refractivity contribution in [2.45, 2.75) is 26.4 Å². The number of hydrogen-bond acceptors (Lipinski definition) is 6. The molecule has 1 atom stereocenters. The Morgan fingerprint density at radius 2 is 1.91 bits per heavy atom. The first-order chi connectivity index (χ1) is 16.0. The van der Waals surface area contributed by atoms with Gasteiger partial charge in [-0.25, -0.2) is 15.0 Å². The van der Waals surface area contributed by atoms with Crippen LogP contribution < -0.4 is 10.1 Å². The minimum absolute atomic E-state index is 0.0862. The quantitative estimate of drug-likeness (QED) is 0.358. The van der Waals surface area contributed by atoms with Crippen LogP contribution in [0.3, 0.4) is 0 Å². The van der Waals surface area contributed by atoms with Crippen molar-refractivity contribution in [3.05, 3.63) is 83.2 Å². The number of nitrogens with zero attached hydrogens (tertiary/aromatic N) is 5. The Labute approximate surface area is 196 Å². The highest BCUT2D eigenvalue weighted by atomic mass is 35.5. The van der Waals surface area contributed by atoms with Crippen LogP contribution in [0, 0.1) is 6.92 Å². The van der Waals surface area contributed by atoms with Gasteiger partial charge in [-0.05, 0) is 49.1 Å². The minimum Gasteiger partial charge on any atom is -0.497 e. The van der Waals surface area contributed by atoms with Crippen LogP contribution in [-0.2, 0) is 6.54 Å². The van der Waals surface area contributed by atoms with Crippen molar-refractivity contribution >= 4 is 39.4 Å². The molecule has 1 N–H and O–H groups in total. The summed E-state index contributed by atoms with van der Waals surface area (Å²) in [4.78, 5) is 18.3. The number of rotatable bonds is 6. The van der Waals surface area contributed by atoms with Crippen LogP contribution >= 0.6 is 11.6 Å². The topological polar surface area (TPSA) is 77.8 Å². The van der Waals surface area contributed by atoms with E-state index >= 15 is 0 Å². The van der Waals surface area contributed by atoms with E-state index in [0.29, 0.717) is 17.4 Å². The molecule has 1 unspecified atom stereocenters. The van der Waals surface area contributed by atoms with Crippen LogP contribution in [-0.4, -0.2) is 31.6 Å². The zero-order valence-electron chi connectivity index (χ0n) is 18.6. The van der Waals surface area contributed by atoms with Crippen LogP contribution in [0.5, 0.6) is 5.75 Å². The van der Waals surface area contributed by atoms with Crippen molar-refractivity contribution in [2.24, 2.45) is 0 Å². The van der Waals surface area contributed by atoms with E-state index < -0.39 is 0 Å². The highest BCUT2D eigenvalue weighted by Crippen LogP contribution is 2.29. The van der Waals surface area contributed by atoms with Crippen LogP contribution in [0.15, 0.2) is 61.2 Å². The number of aryl methyl sites for hydroxylation is 1. The fourth-order valence-corrected chi connectivity index (χ4v) is 4.33. The van der Waals surface area contributed by atoms with Crippen molar-refractivity contribution in [1.82, 2.24) is 24.5 Å². The number of methoxy groups -OCH3 is 1. The van der Waals surface area contributed by atoms with E-state index in [0.717, 1.165) is 44.6 Å². The van der Waals surface area contributed by atoms with Gasteiger partial charge in [0.05, 0.1) is 36.7 Å². The molecule has 0 saturated carbocycles. The second kappa shape index (κ2) is 8.67. The number of nitrogens with one attached hydrogen (secondary N) is 1. The Morgan fingerprint density at radius 3 is 2.70 bits per heavy atom. The first-order valence-corrected chi connectivity index (χ1v) is 11.0. The molecule has 0 bridgehead atoms. The van der Waals surface area contributed by atoms with Crippen LogP contribution in [0.4, 0.5) is 5.82 Å². The molecule has 0 fully saturated rings. The zero-order valence-corrected chi connectivity index (χ0v) is 19.3. The molecule has 0 spiro atoms. The second-order valence-corrected chi connectivity index (χ2v) is 8.36. The molecule has 33 heavy (non-hydrogen) atoms. The molecule has 166 valence electrons. The van der Waals surface area contributed by atoms with Crippen molar-refractivity contribution in [3.63, 3.8) is 0 Å². The van der Waals surface area contributed by atoms with Gasteiger partial charge in [0.2, 0.25) is 0 Å². The lowest BCUT2D eigenvalue weighted by atomic mass is 10.1. The van der Waals surface area contributed by atoms with E-state index in [4.69, 9.17) is 21.3 Å². The molecular weight excluding hydrogens is 436 g/mol. The summed E-state index contributed by atoms with van der Waals surface area (Å²) in [5.74, 6) is 1.50. The fraction of sp³-hybridized carbons (Fsp3) is 0.200. The maximum absolute atomic E-state index is 6.38. The van der Waals surface area contributed by atoms with Gasteiger partial charge in [-0.15, -0.1) is 0 Å². The van der Waals surface area contributed by atoms with Gasteiger partial charge in [0.1, 0.15) is 17.6 Å². The number of ether oxygens (including phenoxy) is 1. The third kappa shape index (κ3) is 4.07. The largest absolute Gasteiger partial charge is 0.497 e. The van der Waals surface area contributed by atoms with Gasteiger partial charge in [0.25, 0.3) is 0 Å². The molecule has 3 heterocycles. The molecule has 3 aromatic heterocycles. The molecule has 0 saturated heterocycles. The molecule has 0 aliphatic carbocycles. The van der Waals surface area contributed by atoms with Gasteiger partial charge in [-0.2, -0.15) is 0 Å². The Bertz CT molecular complexity index is 1450. The summed E-state index contributed by atoms with van der Waals surface area (Å²) in [5.41, 5.74) is 4.43. The Hall–Kier alpha value is -3.71. The maximum atomic E-state index is 6.38.